The molecule has 0 aromatic heterocycles. The van der Waals surface area contributed by atoms with Crippen LogP contribution >= 0.6 is 0 Å². The highest BCUT2D eigenvalue weighted by Crippen LogP contribution is 2.31. The monoisotopic (exact) mass is 256 g/mol. The van der Waals surface area contributed by atoms with Gasteiger partial charge in [0.15, 0.2) is 0 Å². The van der Waals surface area contributed by atoms with Gasteiger partial charge in [0.25, 0.3) is 0 Å². The molecule has 0 amide bonds. The van der Waals surface area contributed by atoms with Crippen molar-refractivity contribution < 1.29 is 0 Å². The largest absolute Gasteiger partial charge is 0.0804 e. The Bertz CT molecular complexity index is 410. The van der Waals surface area contributed by atoms with Crippen LogP contribution in [0.3, 0.4) is 0 Å². The van der Waals surface area contributed by atoms with Crippen molar-refractivity contribution in [3.63, 3.8) is 0 Å². The van der Waals surface area contributed by atoms with Crippen LogP contribution in [0, 0.1) is 11.8 Å². The first kappa shape index (κ1) is 14.4. The van der Waals surface area contributed by atoms with Gasteiger partial charge in [-0.25, -0.2) is 0 Å². The van der Waals surface area contributed by atoms with Crippen molar-refractivity contribution in [3.8, 4) is 0 Å². The van der Waals surface area contributed by atoms with Crippen molar-refractivity contribution >= 4 is 5.57 Å². The van der Waals surface area contributed by atoms with Crippen molar-refractivity contribution in [1.29, 1.82) is 0 Å². The lowest BCUT2D eigenvalue weighted by atomic mass is 9.85. The fourth-order valence-electron chi connectivity index (χ4n) is 2.92. The minimum absolute atomic E-state index is 0.796. The van der Waals surface area contributed by atoms with E-state index in [0.29, 0.717) is 0 Å². The van der Waals surface area contributed by atoms with Gasteiger partial charge in [-0.1, -0.05) is 64.0 Å². The van der Waals surface area contributed by atoms with Crippen molar-refractivity contribution in [2.24, 2.45) is 11.8 Å². The van der Waals surface area contributed by atoms with Gasteiger partial charge in [-0.3, -0.25) is 0 Å². The smallest absolute Gasteiger partial charge is 0.0228 e. The summed E-state index contributed by atoms with van der Waals surface area (Å²) < 4.78 is 0. The maximum absolute atomic E-state index is 2.47. The molecule has 1 aromatic rings. The Hall–Kier alpha value is -1.04. The fourth-order valence-corrected chi connectivity index (χ4v) is 2.92. The highest BCUT2D eigenvalue weighted by Gasteiger charge is 2.13. The summed E-state index contributed by atoms with van der Waals surface area (Å²) in [5, 5.41) is 0. The van der Waals surface area contributed by atoms with Gasteiger partial charge < -0.3 is 0 Å². The van der Waals surface area contributed by atoms with Gasteiger partial charge in [-0.05, 0) is 54.2 Å². The molecule has 0 saturated carbocycles. The van der Waals surface area contributed by atoms with E-state index in [1.54, 1.807) is 5.57 Å². The standard InChI is InChI=1S/C19H28/c1-4-15(3)14-17-8-12-19(13-9-17)18-10-6-16(5-2)7-11-18/h8-10,12-13,15-16H,4-7,11,14H2,1-3H3. The van der Waals surface area contributed by atoms with Gasteiger partial charge >= 0.3 is 0 Å². The summed E-state index contributed by atoms with van der Waals surface area (Å²) in [4.78, 5) is 0. The molecule has 0 N–H and O–H groups in total. The Kier molecular flexibility index (Phi) is 5.24. The average molecular weight is 256 g/mol. The Morgan fingerprint density at radius 2 is 1.89 bits per heavy atom. The van der Waals surface area contributed by atoms with Gasteiger partial charge in [0.1, 0.15) is 0 Å². The van der Waals surface area contributed by atoms with Crippen molar-refractivity contribution in [1.82, 2.24) is 0 Å². The first-order valence-corrected chi connectivity index (χ1v) is 8.01. The molecular weight excluding hydrogens is 228 g/mol. The zero-order chi connectivity index (χ0) is 13.7. The summed E-state index contributed by atoms with van der Waals surface area (Å²) in [6.45, 7) is 6.92. The third-order valence-electron chi connectivity index (χ3n) is 4.70. The van der Waals surface area contributed by atoms with E-state index in [2.05, 4.69) is 51.1 Å². The first-order chi connectivity index (χ1) is 9.22. The van der Waals surface area contributed by atoms with E-state index in [9.17, 15) is 0 Å². The Morgan fingerprint density at radius 1 is 1.16 bits per heavy atom. The summed E-state index contributed by atoms with van der Waals surface area (Å²) in [5.74, 6) is 1.72. The highest BCUT2D eigenvalue weighted by atomic mass is 14.2. The van der Waals surface area contributed by atoms with Crippen molar-refractivity contribution in [2.45, 2.75) is 59.3 Å². The Morgan fingerprint density at radius 3 is 2.42 bits per heavy atom. The Labute approximate surface area is 118 Å². The second-order valence-corrected chi connectivity index (χ2v) is 6.19. The molecule has 1 aliphatic rings. The van der Waals surface area contributed by atoms with Crippen LogP contribution in [-0.2, 0) is 6.42 Å². The molecule has 0 heteroatoms. The maximum atomic E-state index is 2.47. The van der Waals surface area contributed by atoms with Crippen LogP contribution in [0.5, 0.6) is 0 Å². The maximum Gasteiger partial charge on any atom is -0.0228 e. The predicted octanol–water partition coefficient (Wildman–Crippen LogP) is 5.87. The fraction of sp³-hybridized carbons (Fsp3) is 0.579. The normalized spacial score (nSPS) is 21.0. The average Bonchev–Trinajstić information content (AvgIpc) is 2.48. The van der Waals surface area contributed by atoms with Gasteiger partial charge in [0.2, 0.25) is 0 Å². The number of allylic oxidation sites excluding steroid dienone is 2. The van der Waals surface area contributed by atoms with Crippen LogP contribution in [0.1, 0.15) is 64.0 Å². The topological polar surface area (TPSA) is 0 Å². The van der Waals surface area contributed by atoms with Crippen LogP contribution in [0.2, 0.25) is 0 Å². The molecule has 0 bridgehead atoms. The molecule has 0 heterocycles. The van der Waals surface area contributed by atoms with E-state index in [0.717, 1.165) is 11.8 Å². The molecule has 0 aliphatic heterocycles. The minimum atomic E-state index is 0.796. The third kappa shape index (κ3) is 3.96. The molecule has 2 atom stereocenters. The Balaban J connectivity index is 2.01. The molecule has 0 nitrogen and oxygen atoms in total. The molecule has 0 fully saturated rings. The highest BCUT2D eigenvalue weighted by molar-refractivity contribution is 5.66. The first-order valence-electron chi connectivity index (χ1n) is 8.01. The third-order valence-corrected chi connectivity index (χ3v) is 4.70. The molecule has 0 saturated heterocycles. The molecule has 1 aromatic carbocycles. The van der Waals surface area contributed by atoms with Crippen LogP contribution in [0.4, 0.5) is 0 Å². The van der Waals surface area contributed by atoms with Crippen LogP contribution in [0.15, 0.2) is 30.3 Å². The van der Waals surface area contributed by atoms with E-state index in [1.807, 2.05) is 0 Å². The second-order valence-electron chi connectivity index (χ2n) is 6.19. The van der Waals surface area contributed by atoms with E-state index in [4.69, 9.17) is 0 Å². The van der Waals surface area contributed by atoms with E-state index < -0.39 is 0 Å². The van der Waals surface area contributed by atoms with Gasteiger partial charge in [0.05, 0.1) is 0 Å². The van der Waals surface area contributed by atoms with E-state index in [-0.39, 0.29) is 0 Å². The number of benzene rings is 1. The van der Waals surface area contributed by atoms with E-state index in [1.165, 1.54) is 49.7 Å². The number of hydrogen-bond acceptors (Lipinski definition) is 0. The quantitative estimate of drug-likeness (QED) is 0.618. The van der Waals surface area contributed by atoms with Crippen molar-refractivity contribution in [3.05, 3.63) is 41.5 Å². The van der Waals surface area contributed by atoms with Crippen LogP contribution in [0.25, 0.3) is 5.57 Å². The summed E-state index contributed by atoms with van der Waals surface area (Å²) >= 11 is 0. The predicted molar refractivity (Wildman–Crippen MR) is 85.2 cm³/mol. The summed E-state index contributed by atoms with van der Waals surface area (Å²) in [7, 11) is 0. The lowest BCUT2D eigenvalue weighted by Crippen LogP contribution is -2.04. The number of hydrogen-bond donors (Lipinski definition) is 0. The van der Waals surface area contributed by atoms with Gasteiger partial charge in [-0.15, -0.1) is 0 Å². The van der Waals surface area contributed by atoms with Gasteiger partial charge in [-0.2, -0.15) is 0 Å². The summed E-state index contributed by atoms with van der Waals surface area (Å²) in [5.41, 5.74) is 4.50. The molecule has 0 spiro atoms. The molecule has 104 valence electrons. The van der Waals surface area contributed by atoms with E-state index >= 15 is 0 Å². The minimum Gasteiger partial charge on any atom is -0.0804 e. The lowest BCUT2D eigenvalue weighted by Gasteiger charge is -2.21. The SMILES string of the molecule is CCC(C)Cc1ccc(C2=CCC(CC)CC2)cc1. The second kappa shape index (κ2) is 6.93. The molecule has 1 aliphatic carbocycles. The molecule has 19 heavy (non-hydrogen) atoms. The molecule has 2 unspecified atom stereocenters. The van der Waals surface area contributed by atoms with Crippen LogP contribution in [-0.4, -0.2) is 0 Å². The van der Waals surface area contributed by atoms with Gasteiger partial charge in [0, 0.05) is 0 Å². The zero-order valence-electron chi connectivity index (χ0n) is 12.8. The molecular formula is C19H28. The zero-order valence-corrected chi connectivity index (χ0v) is 12.8. The summed E-state index contributed by atoms with van der Waals surface area (Å²) in [6.07, 6.45) is 10.2. The molecule has 0 radical (unpaired) electrons. The lowest BCUT2D eigenvalue weighted by molar-refractivity contribution is 0.471. The molecule has 2 rings (SSSR count). The van der Waals surface area contributed by atoms with Crippen molar-refractivity contribution in [2.75, 3.05) is 0 Å². The van der Waals surface area contributed by atoms with Crippen LogP contribution < -0.4 is 0 Å². The number of rotatable bonds is 5. The summed E-state index contributed by atoms with van der Waals surface area (Å²) in [6, 6.07) is 9.31.